The van der Waals surface area contributed by atoms with E-state index in [-0.39, 0.29) is 6.42 Å². The summed E-state index contributed by atoms with van der Waals surface area (Å²) in [4.78, 5) is 13.0. The molecule has 152 valence electrons. The van der Waals surface area contributed by atoms with Gasteiger partial charge in [-0.15, -0.1) is 0 Å². The number of benzene rings is 2. The van der Waals surface area contributed by atoms with Gasteiger partial charge >= 0.3 is 5.97 Å². The number of hydrogen-bond donors (Lipinski definition) is 2. The van der Waals surface area contributed by atoms with E-state index >= 15 is 0 Å². The quantitative estimate of drug-likeness (QED) is 0.588. The number of likely N-dealkylation sites (N-methyl/N-ethyl adjacent to an activating group) is 1. The molecule has 0 unspecified atom stereocenters. The first-order chi connectivity index (χ1) is 13.5. The van der Waals surface area contributed by atoms with Crippen LogP contribution in [-0.2, 0) is 30.5 Å². The topological polar surface area (TPSA) is 75.8 Å². The predicted octanol–water partition coefficient (Wildman–Crippen LogP) is 2.93. The fourth-order valence-corrected chi connectivity index (χ4v) is 3.16. The van der Waals surface area contributed by atoms with Crippen molar-refractivity contribution >= 4 is 5.97 Å². The van der Waals surface area contributed by atoms with E-state index in [2.05, 4.69) is 29.2 Å². The van der Waals surface area contributed by atoms with Crippen LogP contribution in [0.15, 0.2) is 42.5 Å². The molecular formula is C23H32N2O3. The molecule has 0 saturated carbocycles. The number of carbonyl (C=O) groups is 1. The average molecular weight is 385 g/mol. The highest BCUT2D eigenvalue weighted by molar-refractivity contribution is 5.67. The lowest BCUT2D eigenvalue weighted by Gasteiger charge is -2.14. The molecule has 0 spiro atoms. The molecule has 5 heteroatoms. The van der Waals surface area contributed by atoms with Gasteiger partial charge in [-0.2, -0.15) is 0 Å². The molecule has 5 nitrogen and oxygen atoms in total. The number of hydrogen-bond acceptors (Lipinski definition) is 4. The first kappa shape index (κ1) is 21.9. The lowest BCUT2D eigenvalue weighted by Crippen LogP contribution is -2.19. The molecule has 0 radical (unpaired) electrons. The lowest BCUT2D eigenvalue weighted by molar-refractivity contribution is -0.136. The SMILES string of the molecule is CN(C)CCOc1ccccc1CCc1cc(CCN)cc(CCC(=O)O)c1. The Kier molecular flexibility index (Phi) is 8.98. The summed E-state index contributed by atoms with van der Waals surface area (Å²) < 4.78 is 5.96. The number of aryl methyl sites for hydroxylation is 3. The Labute approximate surface area is 168 Å². The largest absolute Gasteiger partial charge is 0.492 e. The zero-order valence-corrected chi connectivity index (χ0v) is 17.0. The van der Waals surface area contributed by atoms with E-state index in [1.54, 1.807) is 0 Å². The fourth-order valence-electron chi connectivity index (χ4n) is 3.16. The van der Waals surface area contributed by atoms with Crippen molar-refractivity contribution in [1.82, 2.24) is 4.90 Å². The van der Waals surface area contributed by atoms with Gasteiger partial charge in [-0.3, -0.25) is 4.79 Å². The highest BCUT2D eigenvalue weighted by Gasteiger charge is 2.07. The number of para-hydroxylation sites is 1. The monoisotopic (exact) mass is 384 g/mol. The first-order valence-corrected chi connectivity index (χ1v) is 9.87. The molecule has 0 fully saturated rings. The van der Waals surface area contributed by atoms with E-state index in [0.29, 0.717) is 19.6 Å². The number of carboxylic acid groups (broad SMARTS) is 1. The molecule has 3 N–H and O–H groups in total. The van der Waals surface area contributed by atoms with Crippen LogP contribution in [0, 0.1) is 0 Å². The molecule has 0 heterocycles. The van der Waals surface area contributed by atoms with Crippen molar-refractivity contribution in [2.24, 2.45) is 5.73 Å². The number of nitrogens with two attached hydrogens (primary N) is 1. The van der Waals surface area contributed by atoms with Crippen molar-refractivity contribution in [2.45, 2.75) is 32.1 Å². The standard InChI is InChI=1S/C23H32N2O3/c1-25(2)13-14-28-22-6-4-3-5-21(22)9-7-18-15-19(8-10-23(26)27)17-20(16-18)11-12-24/h3-6,15-17H,7-14,24H2,1-2H3,(H,26,27). The number of aliphatic carboxylic acids is 1. The Balaban J connectivity index is 2.07. The lowest BCUT2D eigenvalue weighted by atomic mass is 9.96. The second kappa shape index (κ2) is 11.5. The van der Waals surface area contributed by atoms with Crippen LogP contribution >= 0.6 is 0 Å². The second-order valence-electron chi connectivity index (χ2n) is 7.35. The minimum Gasteiger partial charge on any atom is -0.492 e. The van der Waals surface area contributed by atoms with Gasteiger partial charge in [0.25, 0.3) is 0 Å². The molecule has 0 aliphatic rings. The molecule has 2 aromatic carbocycles. The third-order valence-corrected chi connectivity index (χ3v) is 4.62. The fraction of sp³-hybridized carbons (Fsp3) is 0.435. The molecular weight excluding hydrogens is 352 g/mol. The zero-order valence-electron chi connectivity index (χ0n) is 17.0. The van der Waals surface area contributed by atoms with Crippen molar-refractivity contribution in [3.8, 4) is 5.75 Å². The van der Waals surface area contributed by atoms with Crippen LogP contribution in [0.4, 0.5) is 0 Å². The Morgan fingerprint density at radius 3 is 2.29 bits per heavy atom. The van der Waals surface area contributed by atoms with Crippen LogP contribution in [0.5, 0.6) is 5.75 Å². The third-order valence-electron chi connectivity index (χ3n) is 4.62. The van der Waals surface area contributed by atoms with Crippen molar-refractivity contribution in [1.29, 1.82) is 0 Å². The van der Waals surface area contributed by atoms with Crippen molar-refractivity contribution in [3.05, 3.63) is 64.7 Å². The van der Waals surface area contributed by atoms with Crippen LogP contribution in [0.3, 0.4) is 0 Å². The Morgan fingerprint density at radius 2 is 1.64 bits per heavy atom. The number of carboxylic acids is 1. The zero-order chi connectivity index (χ0) is 20.4. The van der Waals surface area contributed by atoms with Gasteiger partial charge < -0.3 is 20.5 Å². The van der Waals surface area contributed by atoms with Crippen LogP contribution in [0.2, 0.25) is 0 Å². The van der Waals surface area contributed by atoms with Crippen molar-refractivity contribution < 1.29 is 14.6 Å². The third kappa shape index (κ3) is 7.71. The van der Waals surface area contributed by atoms with Gasteiger partial charge in [0.2, 0.25) is 0 Å². The Morgan fingerprint density at radius 1 is 1.00 bits per heavy atom. The summed E-state index contributed by atoms with van der Waals surface area (Å²) in [6, 6.07) is 14.6. The van der Waals surface area contributed by atoms with Crippen molar-refractivity contribution in [3.63, 3.8) is 0 Å². The molecule has 0 saturated heterocycles. The van der Waals surface area contributed by atoms with Crippen molar-refractivity contribution in [2.75, 3.05) is 33.8 Å². The van der Waals surface area contributed by atoms with E-state index in [0.717, 1.165) is 37.1 Å². The highest BCUT2D eigenvalue weighted by atomic mass is 16.5. The van der Waals surface area contributed by atoms with Gasteiger partial charge in [0.1, 0.15) is 12.4 Å². The Hall–Kier alpha value is -2.37. The average Bonchev–Trinajstić information content (AvgIpc) is 2.65. The van der Waals surface area contributed by atoms with Crippen LogP contribution in [-0.4, -0.2) is 49.8 Å². The van der Waals surface area contributed by atoms with Gasteiger partial charge in [0.05, 0.1) is 0 Å². The van der Waals surface area contributed by atoms with Gasteiger partial charge in [-0.05, 0) is 74.6 Å². The second-order valence-corrected chi connectivity index (χ2v) is 7.35. The summed E-state index contributed by atoms with van der Waals surface area (Å²) in [6.45, 7) is 2.13. The maximum atomic E-state index is 10.9. The molecule has 0 aliphatic carbocycles. The minimum absolute atomic E-state index is 0.147. The number of ether oxygens (including phenoxy) is 1. The minimum atomic E-state index is -0.769. The number of rotatable bonds is 12. The van der Waals surface area contributed by atoms with E-state index in [1.165, 1.54) is 16.7 Å². The molecule has 2 aromatic rings. The van der Waals surface area contributed by atoms with Crippen LogP contribution in [0.25, 0.3) is 0 Å². The molecule has 2 rings (SSSR count). The van der Waals surface area contributed by atoms with E-state index in [9.17, 15) is 4.79 Å². The summed E-state index contributed by atoms with van der Waals surface area (Å²) in [7, 11) is 4.07. The Bertz CT molecular complexity index is 759. The normalized spacial score (nSPS) is 11.0. The highest BCUT2D eigenvalue weighted by Crippen LogP contribution is 2.21. The maximum absolute atomic E-state index is 10.9. The van der Waals surface area contributed by atoms with E-state index in [1.807, 2.05) is 32.3 Å². The summed E-state index contributed by atoms with van der Waals surface area (Å²) >= 11 is 0. The predicted molar refractivity (Wildman–Crippen MR) is 113 cm³/mol. The molecule has 0 aromatic heterocycles. The summed E-state index contributed by atoms with van der Waals surface area (Å²) in [5.74, 6) is 0.170. The van der Waals surface area contributed by atoms with E-state index in [4.69, 9.17) is 15.6 Å². The molecule has 0 bridgehead atoms. The maximum Gasteiger partial charge on any atom is 0.303 e. The van der Waals surface area contributed by atoms with E-state index < -0.39 is 5.97 Å². The molecule has 28 heavy (non-hydrogen) atoms. The number of nitrogens with zero attached hydrogens (tertiary/aromatic N) is 1. The van der Waals surface area contributed by atoms with Crippen LogP contribution in [0.1, 0.15) is 28.7 Å². The van der Waals surface area contributed by atoms with Gasteiger partial charge in [-0.25, -0.2) is 0 Å². The molecule has 0 atom stereocenters. The van der Waals surface area contributed by atoms with Crippen LogP contribution < -0.4 is 10.5 Å². The van der Waals surface area contributed by atoms with Gasteiger partial charge in [0, 0.05) is 13.0 Å². The van der Waals surface area contributed by atoms with Gasteiger partial charge in [0.15, 0.2) is 0 Å². The summed E-state index contributed by atoms with van der Waals surface area (Å²) in [5.41, 5.74) is 10.4. The molecule has 0 aliphatic heterocycles. The molecule has 0 amide bonds. The smallest absolute Gasteiger partial charge is 0.303 e. The first-order valence-electron chi connectivity index (χ1n) is 9.87. The van der Waals surface area contributed by atoms with Gasteiger partial charge in [-0.1, -0.05) is 36.4 Å². The summed E-state index contributed by atoms with van der Waals surface area (Å²) in [6.07, 6.45) is 3.26. The summed E-state index contributed by atoms with van der Waals surface area (Å²) in [5, 5.41) is 8.97.